The number of aromatic nitrogens is 1. The van der Waals surface area contributed by atoms with Gasteiger partial charge in [-0.1, -0.05) is 12.8 Å². The molecule has 16 heavy (non-hydrogen) atoms. The van der Waals surface area contributed by atoms with Crippen LogP contribution >= 0.6 is 0 Å². The van der Waals surface area contributed by atoms with Crippen LogP contribution in [0.25, 0.3) is 0 Å². The van der Waals surface area contributed by atoms with Gasteiger partial charge >= 0.3 is 0 Å². The van der Waals surface area contributed by atoms with Gasteiger partial charge in [-0.05, 0) is 37.4 Å². The summed E-state index contributed by atoms with van der Waals surface area (Å²) in [7, 11) is 0. The van der Waals surface area contributed by atoms with Crippen molar-refractivity contribution in [3.05, 3.63) is 30.1 Å². The Morgan fingerprint density at radius 2 is 2.25 bits per heavy atom. The maximum atomic E-state index is 12.3. The van der Waals surface area contributed by atoms with E-state index in [0.717, 1.165) is 24.8 Å². The molecule has 1 aromatic rings. The first-order valence-corrected chi connectivity index (χ1v) is 5.97. The fourth-order valence-electron chi connectivity index (χ4n) is 2.56. The minimum atomic E-state index is 0.114. The molecule has 1 fully saturated rings. The van der Waals surface area contributed by atoms with Gasteiger partial charge in [-0.25, -0.2) is 0 Å². The molecule has 2 rings (SSSR count). The molecule has 86 valence electrons. The molecule has 2 unspecified atom stereocenters. The van der Waals surface area contributed by atoms with Crippen molar-refractivity contribution in [2.24, 2.45) is 17.6 Å². The summed E-state index contributed by atoms with van der Waals surface area (Å²) in [6.07, 6.45) is 7.77. The third-order valence-corrected chi connectivity index (χ3v) is 3.49. The Kier molecular flexibility index (Phi) is 3.67. The first-order valence-electron chi connectivity index (χ1n) is 5.97. The smallest absolute Gasteiger partial charge is 0.167 e. The lowest BCUT2D eigenvalue weighted by atomic mass is 9.75. The van der Waals surface area contributed by atoms with Crippen LogP contribution in [0.4, 0.5) is 0 Å². The number of carbonyl (C=O) groups is 1. The van der Waals surface area contributed by atoms with Crippen LogP contribution in [-0.2, 0) is 0 Å². The average molecular weight is 218 g/mol. The van der Waals surface area contributed by atoms with Crippen molar-refractivity contribution in [2.75, 3.05) is 6.54 Å². The first-order chi connectivity index (χ1) is 7.83. The molecule has 2 atom stereocenters. The van der Waals surface area contributed by atoms with Crippen molar-refractivity contribution >= 4 is 5.78 Å². The lowest BCUT2D eigenvalue weighted by Crippen LogP contribution is -2.32. The van der Waals surface area contributed by atoms with E-state index in [1.54, 1.807) is 12.4 Å². The molecule has 1 heterocycles. The van der Waals surface area contributed by atoms with E-state index < -0.39 is 0 Å². The van der Waals surface area contributed by atoms with Gasteiger partial charge < -0.3 is 5.73 Å². The predicted octanol–water partition coefficient (Wildman–Crippen LogP) is 2.03. The maximum Gasteiger partial charge on any atom is 0.167 e. The zero-order valence-electron chi connectivity index (χ0n) is 9.43. The van der Waals surface area contributed by atoms with Gasteiger partial charge in [-0.3, -0.25) is 9.78 Å². The fourth-order valence-corrected chi connectivity index (χ4v) is 2.56. The maximum absolute atomic E-state index is 12.3. The lowest BCUT2D eigenvalue weighted by Gasteiger charge is -2.29. The summed E-state index contributed by atoms with van der Waals surface area (Å²) in [4.78, 5) is 16.3. The molecule has 1 aliphatic carbocycles. The summed E-state index contributed by atoms with van der Waals surface area (Å²) >= 11 is 0. The lowest BCUT2D eigenvalue weighted by molar-refractivity contribution is 0.0829. The third-order valence-electron chi connectivity index (χ3n) is 3.49. The van der Waals surface area contributed by atoms with Crippen molar-refractivity contribution in [2.45, 2.75) is 25.7 Å². The molecule has 0 radical (unpaired) electrons. The minimum absolute atomic E-state index is 0.114. The molecule has 0 saturated heterocycles. The summed E-state index contributed by atoms with van der Waals surface area (Å²) in [6, 6.07) is 3.66. The fraction of sp³-hybridized carbons (Fsp3) is 0.538. The van der Waals surface area contributed by atoms with Crippen molar-refractivity contribution < 1.29 is 4.79 Å². The first kappa shape index (κ1) is 11.3. The summed E-state index contributed by atoms with van der Waals surface area (Å²) < 4.78 is 0. The monoisotopic (exact) mass is 218 g/mol. The van der Waals surface area contributed by atoms with E-state index in [9.17, 15) is 4.79 Å². The van der Waals surface area contributed by atoms with Crippen molar-refractivity contribution in [3.63, 3.8) is 0 Å². The highest BCUT2D eigenvalue weighted by molar-refractivity contribution is 5.97. The van der Waals surface area contributed by atoms with Crippen LogP contribution in [0.2, 0.25) is 0 Å². The number of nitrogens with zero attached hydrogens (tertiary/aromatic N) is 1. The number of hydrogen-bond donors (Lipinski definition) is 1. The second-order valence-corrected chi connectivity index (χ2v) is 4.49. The summed E-state index contributed by atoms with van der Waals surface area (Å²) in [5.74, 6) is 0.702. The average Bonchev–Trinajstić information content (AvgIpc) is 2.39. The van der Waals surface area contributed by atoms with Gasteiger partial charge in [-0.15, -0.1) is 0 Å². The van der Waals surface area contributed by atoms with Gasteiger partial charge in [-0.2, -0.15) is 0 Å². The molecule has 1 aromatic heterocycles. The highest BCUT2D eigenvalue weighted by Gasteiger charge is 2.30. The number of ketones is 1. The van der Waals surface area contributed by atoms with Crippen LogP contribution in [0.15, 0.2) is 24.5 Å². The van der Waals surface area contributed by atoms with E-state index in [-0.39, 0.29) is 11.7 Å². The molecule has 0 amide bonds. The zero-order valence-corrected chi connectivity index (χ0v) is 9.43. The Labute approximate surface area is 96.1 Å². The molecule has 3 nitrogen and oxygen atoms in total. The molecule has 0 bridgehead atoms. The minimum Gasteiger partial charge on any atom is -0.330 e. The highest BCUT2D eigenvalue weighted by Crippen LogP contribution is 2.31. The van der Waals surface area contributed by atoms with Gasteiger partial charge in [0.15, 0.2) is 5.78 Å². The Morgan fingerprint density at radius 3 is 2.94 bits per heavy atom. The number of Topliss-reactive ketones (excluding diaryl/α,β-unsaturated/α-hetero) is 1. The predicted molar refractivity (Wildman–Crippen MR) is 63.1 cm³/mol. The van der Waals surface area contributed by atoms with Crippen LogP contribution in [0.5, 0.6) is 0 Å². The summed E-state index contributed by atoms with van der Waals surface area (Å²) in [5, 5.41) is 0. The van der Waals surface area contributed by atoms with E-state index in [4.69, 9.17) is 5.73 Å². The Bertz CT molecular complexity index is 350. The second kappa shape index (κ2) is 5.21. The standard InChI is InChI=1S/C13H18N2O/c14-8-10-4-1-2-6-12(10)13(16)11-5-3-7-15-9-11/h3,5,7,9-10,12H,1-2,4,6,8,14H2. The van der Waals surface area contributed by atoms with Crippen molar-refractivity contribution in [1.29, 1.82) is 0 Å². The van der Waals surface area contributed by atoms with E-state index in [0.29, 0.717) is 12.5 Å². The molecule has 0 spiro atoms. The number of nitrogens with two attached hydrogens (primary N) is 1. The molecule has 2 N–H and O–H groups in total. The molecular formula is C13H18N2O. The molecule has 0 aromatic carbocycles. The van der Waals surface area contributed by atoms with Gasteiger partial charge in [0.05, 0.1) is 0 Å². The van der Waals surface area contributed by atoms with E-state index in [2.05, 4.69) is 4.98 Å². The van der Waals surface area contributed by atoms with Crippen LogP contribution in [0, 0.1) is 11.8 Å². The van der Waals surface area contributed by atoms with Gasteiger partial charge in [0.25, 0.3) is 0 Å². The second-order valence-electron chi connectivity index (χ2n) is 4.49. The molecule has 3 heteroatoms. The molecule has 0 aliphatic heterocycles. The molecule has 1 aliphatic rings. The Morgan fingerprint density at radius 1 is 1.44 bits per heavy atom. The van der Waals surface area contributed by atoms with Gasteiger partial charge in [0.1, 0.15) is 0 Å². The van der Waals surface area contributed by atoms with Crippen molar-refractivity contribution in [3.8, 4) is 0 Å². The van der Waals surface area contributed by atoms with E-state index in [1.165, 1.54) is 6.42 Å². The number of pyridine rings is 1. The largest absolute Gasteiger partial charge is 0.330 e. The highest BCUT2D eigenvalue weighted by atomic mass is 16.1. The number of rotatable bonds is 3. The van der Waals surface area contributed by atoms with E-state index in [1.807, 2.05) is 12.1 Å². The Balaban J connectivity index is 2.14. The van der Waals surface area contributed by atoms with Crippen LogP contribution in [0.1, 0.15) is 36.0 Å². The zero-order chi connectivity index (χ0) is 11.4. The summed E-state index contributed by atoms with van der Waals surface area (Å²) in [5.41, 5.74) is 6.47. The van der Waals surface area contributed by atoms with Crippen LogP contribution < -0.4 is 5.73 Å². The molecule has 1 saturated carbocycles. The topological polar surface area (TPSA) is 56.0 Å². The quantitative estimate of drug-likeness (QED) is 0.790. The summed E-state index contributed by atoms with van der Waals surface area (Å²) in [6.45, 7) is 0.622. The number of carbonyl (C=O) groups excluding carboxylic acids is 1. The third kappa shape index (κ3) is 2.30. The number of hydrogen-bond acceptors (Lipinski definition) is 3. The normalized spacial score (nSPS) is 25.3. The Hall–Kier alpha value is -1.22. The van der Waals surface area contributed by atoms with Gasteiger partial charge in [0.2, 0.25) is 0 Å². The van der Waals surface area contributed by atoms with Crippen LogP contribution in [-0.4, -0.2) is 17.3 Å². The van der Waals surface area contributed by atoms with E-state index >= 15 is 0 Å². The van der Waals surface area contributed by atoms with Crippen molar-refractivity contribution in [1.82, 2.24) is 4.98 Å². The molecular weight excluding hydrogens is 200 g/mol. The SMILES string of the molecule is NCC1CCCCC1C(=O)c1cccnc1. The van der Waals surface area contributed by atoms with Gasteiger partial charge in [0, 0.05) is 23.9 Å². The van der Waals surface area contributed by atoms with Crippen LogP contribution in [0.3, 0.4) is 0 Å².